The number of H-pyrrole nitrogens is 1. The van der Waals surface area contributed by atoms with E-state index in [1.165, 1.54) is 18.2 Å². The van der Waals surface area contributed by atoms with E-state index >= 15 is 0 Å². The van der Waals surface area contributed by atoms with E-state index in [1.54, 1.807) is 6.07 Å². The summed E-state index contributed by atoms with van der Waals surface area (Å²) < 4.78 is 26.9. The highest BCUT2D eigenvalue weighted by Crippen LogP contribution is 2.45. The van der Waals surface area contributed by atoms with Crippen molar-refractivity contribution in [3.8, 4) is 0 Å². The van der Waals surface area contributed by atoms with Gasteiger partial charge < -0.3 is 10.3 Å². The molecule has 112 valence electrons. The number of benzene rings is 2. The Kier molecular flexibility index (Phi) is 3.01. The van der Waals surface area contributed by atoms with E-state index in [-0.39, 0.29) is 23.6 Å². The minimum atomic E-state index is -0.247. The monoisotopic (exact) mass is 298 g/mol. The second-order valence-corrected chi connectivity index (χ2v) is 5.84. The zero-order valence-electron chi connectivity index (χ0n) is 12.2. The Hall–Kier alpha value is -2.20. The molecule has 0 saturated heterocycles. The van der Waals surface area contributed by atoms with Gasteiger partial charge in [-0.3, -0.25) is 0 Å². The largest absolute Gasteiger partial charge is 0.361 e. The number of nitrogens with one attached hydrogen (secondary N) is 2. The molecule has 0 bridgehead atoms. The molecule has 2 nitrogen and oxygen atoms in total. The molecule has 4 heteroatoms. The van der Waals surface area contributed by atoms with E-state index in [1.807, 2.05) is 25.4 Å². The van der Waals surface area contributed by atoms with Gasteiger partial charge in [0.25, 0.3) is 0 Å². The molecule has 2 atom stereocenters. The molecule has 0 amide bonds. The molecule has 0 radical (unpaired) electrons. The van der Waals surface area contributed by atoms with Gasteiger partial charge in [0.05, 0.1) is 0 Å². The molecule has 2 N–H and O–H groups in total. The normalized spacial score (nSPS) is 20.5. The molecule has 1 aliphatic rings. The van der Waals surface area contributed by atoms with Crippen LogP contribution in [0.2, 0.25) is 0 Å². The van der Waals surface area contributed by atoms with Crippen molar-refractivity contribution in [3.05, 3.63) is 70.9 Å². The van der Waals surface area contributed by atoms with Crippen molar-refractivity contribution in [3.63, 3.8) is 0 Å². The highest BCUT2D eigenvalue weighted by atomic mass is 19.1. The Morgan fingerprint density at radius 2 is 1.77 bits per heavy atom. The Morgan fingerprint density at radius 1 is 1.00 bits per heavy atom. The first kappa shape index (κ1) is 13.5. The van der Waals surface area contributed by atoms with Crippen LogP contribution < -0.4 is 5.32 Å². The maximum absolute atomic E-state index is 13.6. The smallest absolute Gasteiger partial charge is 0.125 e. The minimum absolute atomic E-state index is 0.140. The van der Waals surface area contributed by atoms with Crippen LogP contribution in [-0.4, -0.2) is 12.0 Å². The summed E-state index contributed by atoms with van der Waals surface area (Å²) in [5.74, 6) is -0.268. The van der Waals surface area contributed by atoms with Crippen molar-refractivity contribution >= 4 is 10.9 Å². The third-order valence-corrected chi connectivity index (χ3v) is 4.67. The fourth-order valence-electron chi connectivity index (χ4n) is 3.63. The van der Waals surface area contributed by atoms with Crippen LogP contribution in [0, 0.1) is 11.6 Å². The van der Waals surface area contributed by atoms with Crippen molar-refractivity contribution in [2.75, 3.05) is 7.05 Å². The molecular formula is C18H16F2N2. The van der Waals surface area contributed by atoms with E-state index in [0.717, 1.165) is 34.0 Å². The van der Waals surface area contributed by atoms with Crippen LogP contribution in [0.1, 0.15) is 35.1 Å². The van der Waals surface area contributed by atoms with E-state index < -0.39 is 0 Å². The van der Waals surface area contributed by atoms with E-state index in [4.69, 9.17) is 0 Å². The summed E-state index contributed by atoms with van der Waals surface area (Å²) >= 11 is 0. The van der Waals surface area contributed by atoms with Gasteiger partial charge in [0.15, 0.2) is 0 Å². The molecule has 1 aromatic heterocycles. The first-order chi connectivity index (χ1) is 10.7. The number of rotatable bonds is 2. The third kappa shape index (κ3) is 1.95. The number of fused-ring (bicyclic) bond motifs is 2. The predicted molar refractivity (Wildman–Crippen MR) is 82.9 cm³/mol. The van der Waals surface area contributed by atoms with Crippen LogP contribution in [0.4, 0.5) is 8.78 Å². The van der Waals surface area contributed by atoms with E-state index in [0.29, 0.717) is 0 Å². The summed E-state index contributed by atoms with van der Waals surface area (Å²) in [5, 5.41) is 4.29. The molecule has 0 aliphatic heterocycles. The quantitative estimate of drug-likeness (QED) is 0.727. The summed E-state index contributed by atoms with van der Waals surface area (Å²) in [4.78, 5) is 3.15. The fraction of sp³-hybridized carbons (Fsp3) is 0.222. The Bertz CT molecular complexity index is 853. The van der Waals surface area contributed by atoms with Crippen molar-refractivity contribution in [1.82, 2.24) is 10.3 Å². The fourth-order valence-corrected chi connectivity index (χ4v) is 3.63. The van der Waals surface area contributed by atoms with Crippen LogP contribution in [-0.2, 0) is 0 Å². The van der Waals surface area contributed by atoms with Crippen molar-refractivity contribution in [1.29, 1.82) is 0 Å². The van der Waals surface area contributed by atoms with E-state index in [2.05, 4.69) is 10.3 Å². The second kappa shape index (κ2) is 4.92. The molecule has 3 aromatic rings. The lowest BCUT2D eigenvalue weighted by Gasteiger charge is -2.11. The first-order valence-corrected chi connectivity index (χ1v) is 7.40. The Labute approximate surface area is 127 Å². The lowest BCUT2D eigenvalue weighted by Crippen LogP contribution is -2.13. The van der Waals surface area contributed by atoms with Crippen LogP contribution in [0.25, 0.3) is 10.9 Å². The van der Waals surface area contributed by atoms with Gasteiger partial charge in [-0.05, 0) is 60.5 Å². The van der Waals surface area contributed by atoms with Gasteiger partial charge in [-0.2, -0.15) is 0 Å². The van der Waals surface area contributed by atoms with Crippen LogP contribution in [0.5, 0.6) is 0 Å². The SMILES string of the molecule is CNC1CC(c2c[nH]c3cc(F)ccc23)c2ccc(F)cc21. The van der Waals surface area contributed by atoms with Gasteiger partial charge in [-0.25, -0.2) is 8.78 Å². The predicted octanol–water partition coefficient (Wildman–Crippen LogP) is 4.24. The number of hydrogen-bond acceptors (Lipinski definition) is 1. The van der Waals surface area contributed by atoms with Crippen LogP contribution >= 0.6 is 0 Å². The van der Waals surface area contributed by atoms with Crippen molar-refractivity contribution in [2.24, 2.45) is 0 Å². The molecule has 2 unspecified atom stereocenters. The Morgan fingerprint density at radius 3 is 2.59 bits per heavy atom. The minimum Gasteiger partial charge on any atom is -0.361 e. The van der Waals surface area contributed by atoms with E-state index in [9.17, 15) is 8.78 Å². The van der Waals surface area contributed by atoms with Gasteiger partial charge >= 0.3 is 0 Å². The van der Waals surface area contributed by atoms with Crippen LogP contribution in [0.15, 0.2) is 42.6 Å². The molecule has 4 rings (SSSR count). The number of aromatic amines is 1. The lowest BCUT2D eigenvalue weighted by atomic mass is 9.92. The molecule has 1 aliphatic carbocycles. The highest BCUT2D eigenvalue weighted by molar-refractivity contribution is 5.84. The maximum atomic E-state index is 13.6. The summed E-state index contributed by atoms with van der Waals surface area (Å²) in [5.41, 5.74) is 4.10. The topological polar surface area (TPSA) is 27.8 Å². The zero-order chi connectivity index (χ0) is 15.3. The lowest BCUT2D eigenvalue weighted by molar-refractivity contribution is 0.561. The Balaban J connectivity index is 1.86. The van der Waals surface area contributed by atoms with Gasteiger partial charge in [0.2, 0.25) is 0 Å². The molecule has 1 heterocycles. The second-order valence-electron chi connectivity index (χ2n) is 5.84. The molecule has 0 spiro atoms. The van der Waals surface area contributed by atoms with Gasteiger partial charge in [0.1, 0.15) is 11.6 Å². The number of aromatic nitrogens is 1. The van der Waals surface area contributed by atoms with Gasteiger partial charge in [-0.15, -0.1) is 0 Å². The highest BCUT2D eigenvalue weighted by Gasteiger charge is 2.32. The summed E-state index contributed by atoms with van der Waals surface area (Å²) in [7, 11) is 1.90. The maximum Gasteiger partial charge on any atom is 0.125 e. The number of hydrogen-bond donors (Lipinski definition) is 2. The summed E-state index contributed by atoms with van der Waals surface area (Å²) in [6.45, 7) is 0. The average molecular weight is 298 g/mol. The molecule has 0 fully saturated rings. The molecule has 2 aromatic carbocycles. The first-order valence-electron chi connectivity index (χ1n) is 7.40. The third-order valence-electron chi connectivity index (χ3n) is 4.67. The molecule has 0 saturated carbocycles. The average Bonchev–Trinajstić information content (AvgIpc) is 3.07. The van der Waals surface area contributed by atoms with Crippen molar-refractivity contribution in [2.45, 2.75) is 18.4 Å². The van der Waals surface area contributed by atoms with Gasteiger partial charge in [0, 0.05) is 29.1 Å². The van der Waals surface area contributed by atoms with Crippen LogP contribution in [0.3, 0.4) is 0 Å². The summed E-state index contributed by atoms with van der Waals surface area (Å²) in [6.07, 6.45) is 2.82. The standard InChI is InChI=1S/C18H16F2N2/c1-21-17-8-14(12-4-2-10(19)6-15(12)17)16-9-22-18-7-11(20)3-5-13(16)18/h2-7,9,14,17,21-22H,8H2,1H3. The molecular weight excluding hydrogens is 282 g/mol. The summed E-state index contributed by atoms with van der Waals surface area (Å²) in [6, 6.07) is 9.94. The van der Waals surface area contributed by atoms with Crippen molar-refractivity contribution < 1.29 is 8.78 Å². The van der Waals surface area contributed by atoms with Gasteiger partial charge in [-0.1, -0.05) is 6.07 Å². The molecule has 22 heavy (non-hydrogen) atoms. The zero-order valence-corrected chi connectivity index (χ0v) is 12.2. The number of halogens is 2.